The Kier molecular flexibility index (Phi) is 3.76. The van der Waals surface area contributed by atoms with E-state index in [1.54, 1.807) is 4.90 Å². The van der Waals surface area contributed by atoms with Crippen LogP contribution in [0.2, 0.25) is 0 Å². The molecule has 0 atom stereocenters. The van der Waals surface area contributed by atoms with Gasteiger partial charge >= 0.3 is 0 Å². The highest BCUT2D eigenvalue weighted by atomic mass is 16.2. The maximum absolute atomic E-state index is 10.7. The van der Waals surface area contributed by atoms with E-state index in [0.29, 0.717) is 0 Å². The summed E-state index contributed by atoms with van der Waals surface area (Å²) in [6.45, 7) is 10.3. The second-order valence-electron chi connectivity index (χ2n) is 1.68. The molecule has 0 aromatic heterocycles. The number of hydrogen-bond acceptors (Lipinski definition) is 1. The van der Waals surface area contributed by atoms with Crippen LogP contribution in [0.1, 0.15) is 13.8 Å². The largest absolute Gasteiger partial charge is 0.340 e. The molecule has 9 heavy (non-hydrogen) atoms. The van der Waals surface area contributed by atoms with Crippen molar-refractivity contribution in [1.82, 2.24) is 4.90 Å². The van der Waals surface area contributed by atoms with Gasteiger partial charge in [0.2, 0.25) is 5.91 Å². The highest BCUT2D eigenvalue weighted by Crippen LogP contribution is 1.87. The number of amides is 1. The average molecular weight is 126 g/mol. The summed E-state index contributed by atoms with van der Waals surface area (Å²) in [5.74, 6) is -0.0972. The van der Waals surface area contributed by atoms with Crippen molar-refractivity contribution in [3.05, 3.63) is 12.7 Å². The smallest absolute Gasteiger partial charge is 0.246 e. The van der Waals surface area contributed by atoms with E-state index < -0.39 is 0 Å². The van der Waals surface area contributed by atoms with Crippen LogP contribution in [0, 0.1) is 6.58 Å². The van der Waals surface area contributed by atoms with Gasteiger partial charge in [-0.2, -0.15) is 0 Å². The highest BCUT2D eigenvalue weighted by Gasteiger charge is 2.01. The fourth-order valence-electron chi connectivity index (χ4n) is 0.641. The van der Waals surface area contributed by atoms with Crippen molar-refractivity contribution in [3.8, 4) is 0 Å². The van der Waals surface area contributed by atoms with Gasteiger partial charge in [-0.1, -0.05) is 6.58 Å². The molecule has 0 N–H and O–H groups in total. The fourth-order valence-corrected chi connectivity index (χ4v) is 0.641. The van der Waals surface area contributed by atoms with Gasteiger partial charge in [-0.25, -0.2) is 0 Å². The Morgan fingerprint density at radius 2 is 2.00 bits per heavy atom. The van der Waals surface area contributed by atoms with Crippen LogP contribution in [0.5, 0.6) is 0 Å². The van der Waals surface area contributed by atoms with Crippen LogP contribution in [0.15, 0.2) is 6.08 Å². The number of hydrogen-bond donors (Lipinski definition) is 0. The Balaban J connectivity index is 3.78. The molecule has 1 radical (unpaired) electrons. The number of carbonyl (C=O) groups excluding carboxylic acids is 1. The molecular weight excluding hydrogens is 114 g/mol. The summed E-state index contributed by atoms with van der Waals surface area (Å²) < 4.78 is 0. The minimum absolute atomic E-state index is 0.0972. The monoisotopic (exact) mass is 126 g/mol. The van der Waals surface area contributed by atoms with Gasteiger partial charge in [0.1, 0.15) is 0 Å². The van der Waals surface area contributed by atoms with Gasteiger partial charge in [0.25, 0.3) is 0 Å². The molecule has 1 amide bonds. The summed E-state index contributed by atoms with van der Waals surface area (Å²) in [6.07, 6.45) is 1.09. The van der Waals surface area contributed by atoms with Crippen LogP contribution in [0.4, 0.5) is 0 Å². The quantitative estimate of drug-likeness (QED) is 0.513. The molecule has 0 aliphatic rings. The molecule has 0 aromatic carbocycles. The molecule has 51 valence electrons. The fraction of sp³-hybridized carbons (Fsp3) is 0.571. The lowest BCUT2D eigenvalue weighted by Gasteiger charge is -2.15. The molecule has 0 aliphatic heterocycles. The van der Waals surface area contributed by atoms with E-state index in [9.17, 15) is 4.79 Å². The topological polar surface area (TPSA) is 20.3 Å². The molecule has 2 nitrogen and oxygen atoms in total. The van der Waals surface area contributed by atoms with Gasteiger partial charge in [-0.05, 0) is 13.8 Å². The van der Waals surface area contributed by atoms with E-state index in [1.807, 2.05) is 13.8 Å². The maximum atomic E-state index is 10.7. The van der Waals surface area contributed by atoms with Crippen molar-refractivity contribution in [2.24, 2.45) is 0 Å². The summed E-state index contributed by atoms with van der Waals surface area (Å²) in [7, 11) is 0. The van der Waals surface area contributed by atoms with Crippen LogP contribution in [0.3, 0.4) is 0 Å². The summed E-state index contributed by atoms with van der Waals surface area (Å²) in [5.41, 5.74) is 0. The van der Waals surface area contributed by atoms with E-state index in [0.717, 1.165) is 19.2 Å². The van der Waals surface area contributed by atoms with E-state index in [2.05, 4.69) is 0 Å². The third-order valence-corrected chi connectivity index (χ3v) is 1.22. The van der Waals surface area contributed by atoms with Crippen molar-refractivity contribution in [2.75, 3.05) is 13.1 Å². The number of carbonyl (C=O) groups is 1. The lowest BCUT2D eigenvalue weighted by molar-refractivity contribution is -0.125. The van der Waals surface area contributed by atoms with Crippen molar-refractivity contribution in [3.63, 3.8) is 0 Å². The van der Waals surface area contributed by atoms with Crippen LogP contribution in [0.25, 0.3) is 0 Å². The van der Waals surface area contributed by atoms with Crippen molar-refractivity contribution < 1.29 is 4.79 Å². The van der Waals surface area contributed by atoms with Crippen molar-refractivity contribution in [2.45, 2.75) is 13.8 Å². The SMILES string of the molecule is [CH]=CC(=O)N(CC)CC. The van der Waals surface area contributed by atoms with Gasteiger partial charge in [0.15, 0.2) is 0 Å². The standard InChI is InChI=1S/C7H12NO/c1-4-7(9)8(5-2)6-3/h1,4H,5-6H2,2-3H3. The van der Waals surface area contributed by atoms with E-state index in [-0.39, 0.29) is 5.91 Å². The molecule has 0 saturated carbocycles. The minimum Gasteiger partial charge on any atom is -0.340 e. The van der Waals surface area contributed by atoms with Gasteiger partial charge in [-0.15, -0.1) is 0 Å². The molecule has 0 bridgehead atoms. The molecular formula is C7H12NO. The molecule has 0 rings (SSSR count). The first kappa shape index (κ1) is 8.21. The molecule has 0 unspecified atom stereocenters. The van der Waals surface area contributed by atoms with E-state index in [4.69, 9.17) is 6.58 Å². The molecule has 2 heteroatoms. The number of nitrogens with zero attached hydrogens (tertiary/aromatic N) is 1. The lowest BCUT2D eigenvalue weighted by Crippen LogP contribution is -2.28. The minimum atomic E-state index is -0.0972. The maximum Gasteiger partial charge on any atom is 0.246 e. The van der Waals surface area contributed by atoms with Crippen LogP contribution in [-0.2, 0) is 4.79 Å². The van der Waals surface area contributed by atoms with Crippen LogP contribution >= 0.6 is 0 Å². The average Bonchev–Trinajstić information content (AvgIpc) is 1.90. The summed E-state index contributed by atoms with van der Waals surface area (Å²) in [6, 6.07) is 0. The van der Waals surface area contributed by atoms with E-state index in [1.165, 1.54) is 0 Å². The van der Waals surface area contributed by atoms with Crippen LogP contribution < -0.4 is 0 Å². The highest BCUT2D eigenvalue weighted by molar-refractivity contribution is 5.86. The van der Waals surface area contributed by atoms with Gasteiger partial charge < -0.3 is 4.90 Å². The first-order chi connectivity index (χ1) is 4.26. The predicted octanol–water partition coefficient (Wildman–Crippen LogP) is 0.844. The van der Waals surface area contributed by atoms with Crippen molar-refractivity contribution in [1.29, 1.82) is 0 Å². The Bertz CT molecular complexity index is 105. The second kappa shape index (κ2) is 4.13. The Morgan fingerprint density at radius 3 is 2.11 bits per heavy atom. The molecule has 0 spiro atoms. The molecule has 0 aromatic rings. The Hall–Kier alpha value is -0.790. The molecule has 0 aliphatic carbocycles. The summed E-state index contributed by atoms with van der Waals surface area (Å²) in [5, 5.41) is 0. The second-order valence-corrected chi connectivity index (χ2v) is 1.68. The zero-order chi connectivity index (χ0) is 7.28. The van der Waals surface area contributed by atoms with Gasteiger partial charge in [-0.3, -0.25) is 4.79 Å². The predicted molar refractivity (Wildman–Crippen MR) is 36.8 cm³/mol. The third kappa shape index (κ3) is 2.31. The number of likely N-dealkylation sites (N-methyl/N-ethyl adjacent to an activating group) is 1. The first-order valence-corrected chi connectivity index (χ1v) is 3.10. The van der Waals surface area contributed by atoms with Gasteiger partial charge in [0.05, 0.1) is 0 Å². The van der Waals surface area contributed by atoms with Gasteiger partial charge in [0, 0.05) is 19.2 Å². The van der Waals surface area contributed by atoms with E-state index >= 15 is 0 Å². The number of rotatable bonds is 3. The zero-order valence-corrected chi connectivity index (χ0v) is 5.92. The Labute approximate surface area is 56.2 Å². The van der Waals surface area contributed by atoms with Crippen LogP contribution in [-0.4, -0.2) is 23.9 Å². The molecule has 0 fully saturated rings. The van der Waals surface area contributed by atoms with Crippen molar-refractivity contribution >= 4 is 5.91 Å². The Morgan fingerprint density at radius 1 is 1.56 bits per heavy atom. The summed E-state index contributed by atoms with van der Waals surface area (Å²) in [4.78, 5) is 12.4. The first-order valence-electron chi connectivity index (χ1n) is 3.10. The third-order valence-electron chi connectivity index (χ3n) is 1.22. The zero-order valence-electron chi connectivity index (χ0n) is 5.92. The lowest BCUT2D eigenvalue weighted by atomic mass is 10.4. The molecule has 0 saturated heterocycles. The normalized spacial score (nSPS) is 8.67. The summed E-state index contributed by atoms with van der Waals surface area (Å²) >= 11 is 0. The molecule has 0 heterocycles.